The van der Waals surface area contributed by atoms with E-state index in [9.17, 15) is 21.6 Å². The highest BCUT2D eigenvalue weighted by molar-refractivity contribution is 7.92. The van der Waals surface area contributed by atoms with Crippen LogP contribution in [0.25, 0.3) is 0 Å². The van der Waals surface area contributed by atoms with Gasteiger partial charge < -0.3 is 5.32 Å². The first-order valence-corrected chi connectivity index (χ1v) is 12.3. The lowest BCUT2D eigenvalue weighted by molar-refractivity contribution is 0.256. The van der Waals surface area contributed by atoms with Crippen molar-refractivity contribution in [2.45, 2.75) is 17.6 Å². The van der Waals surface area contributed by atoms with Gasteiger partial charge in [-0.15, -0.1) is 0 Å². The number of benzene rings is 3. The Balaban J connectivity index is 1.73. The quantitative estimate of drug-likeness (QED) is 0.500. The molecule has 0 saturated carbocycles. The Kier molecular flexibility index (Phi) is 6.62. The molecule has 3 aromatic rings. The molecule has 0 spiro atoms. The molecular formula is C21H21N3O5S2. The first-order chi connectivity index (χ1) is 14.6. The normalized spacial score (nSPS) is 11.5. The Morgan fingerprint density at radius 3 is 2.00 bits per heavy atom. The minimum Gasteiger partial charge on any atom is -0.305 e. The summed E-state index contributed by atoms with van der Waals surface area (Å²) in [6.45, 7) is 1.81. The summed E-state index contributed by atoms with van der Waals surface area (Å²) in [6, 6.07) is 19.7. The number of carbonyl (C=O) groups is 1. The van der Waals surface area contributed by atoms with Crippen molar-refractivity contribution in [3.05, 3.63) is 90.0 Å². The van der Waals surface area contributed by atoms with Crippen molar-refractivity contribution in [1.29, 1.82) is 0 Å². The molecule has 0 bridgehead atoms. The van der Waals surface area contributed by atoms with E-state index in [1.165, 1.54) is 24.3 Å². The molecule has 0 aliphatic rings. The van der Waals surface area contributed by atoms with E-state index in [1.807, 2.05) is 11.6 Å². The molecule has 8 nitrogen and oxygen atoms in total. The van der Waals surface area contributed by atoms with Crippen LogP contribution in [-0.2, 0) is 25.8 Å². The summed E-state index contributed by atoms with van der Waals surface area (Å²) >= 11 is 0. The first kappa shape index (κ1) is 22.3. The van der Waals surface area contributed by atoms with E-state index in [0.717, 1.165) is 5.56 Å². The van der Waals surface area contributed by atoms with E-state index in [4.69, 9.17) is 0 Å². The average Bonchev–Trinajstić information content (AvgIpc) is 2.69. The zero-order valence-corrected chi connectivity index (χ0v) is 18.2. The SMILES string of the molecule is Cc1ccc(S(=O)(=O)NC(=O)Nc2ccccc2NS(=O)(=O)Cc2ccccc2)cc1. The van der Waals surface area contributed by atoms with Crippen LogP contribution in [0.15, 0.2) is 83.8 Å². The standard InChI is InChI=1S/C21H21N3O5S2/c1-16-11-13-18(14-12-16)31(28,29)24-21(25)22-19-9-5-6-10-20(19)23-30(26,27)15-17-7-3-2-4-8-17/h2-14,23H,15H2,1H3,(H2,22,24,25). The molecule has 0 fully saturated rings. The summed E-state index contributed by atoms with van der Waals surface area (Å²) in [5, 5.41) is 2.38. The number of hydrogen-bond acceptors (Lipinski definition) is 5. The van der Waals surface area contributed by atoms with Crippen LogP contribution in [0.3, 0.4) is 0 Å². The number of para-hydroxylation sites is 2. The Labute approximate surface area is 181 Å². The van der Waals surface area contributed by atoms with Gasteiger partial charge in [0.2, 0.25) is 10.0 Å². The van der Waals surface area contributed by atoms with Gasteiger partial charge in [0.1, 0.15) is 0 Å². The number of urea groups is 1. The van der Waals surface area contributed by atoms with Crippen LogP contribution in [0.2, 0.25) is 0 Å². The number of sulfonamides is 2. The molecule has 0 atom stereocenters. The molecule has 0 heterocycles. The highest BCUT2D eigenvalue weighted by atomic mass is 32.2. The predicted octanol–water partition coefficient (Wildman–Crippen LogP) is 3.45. The van der Waals surface area contributed by atoms with Crippen molar-refractivity contribution in [1.82, 2.24) is 4.72 Å². The molecule has 0 aliphatic carbocycles. The van der Waals surface area contributed by atoms with Crippen molar-refractivity contribution in [2.24, 2.45) is 0 Å². The van der Waals surface area contributed by atoms with E-state index in [0.29, 0.717) is 5.56 Å². The summed E-state index contributed by atoms with van der Waals surface area (Å²) in [5.41, 5.74) is 1.69. The highest BCUT2D eigenvalue weighted by Gasteiger charge is 2.19. The number of nitrogens with one attached hydrogen (secondary N) is 3. The van der Waals surface area contributed by atoms with Gasteiger partial charge in [-0.3, -0.25) is 4.72 Å². The maximum atomic E-state index is 12.5. The maximum absolute atomic E-state index is 12.5. The number of anilines is 2. The molecule has 162 valence electrons. The Morgan fingerprint density at radius 2 is 1.35 bits per heavy atom. The van der Waals surface area contributed by atoms with Gasteiger partial charge >= 0.3 is 6.03 Å². The zero-order valence-electron chi connectivity index (χ0n) is 16.6. The third-order valence-electron chi connectivity index (χ3n) is 4.20. The van der Waals surface area contributed by atoms with E-state index >= 15 is 0 Å². The van der Waals surface area contributed by atoms with Gasteiger partial charge in [0.05, 0.1) is 22.0 Å². The topological polar surface area (TPSA) is 121 Å². The fourth-order valence-corrected chi connectivity index (χ4v) is 4.85. The first-order valence-electron chi connectivity index (χ1n) is 9.18. The molecule has 0 unspecified atom stereocenters. The molecule has 31 heavy (non-hydrogen) atoms. The van der Waals surface area contributed by atoms with E-state index in [1.54, 1.807) is 54.6 Å². The lowest BCUT2D eigenvalue weighted by atomic mass is 10.2. The molecule has 2 amide bonds. The predicted molar refractivity (Wildman–Crippen MR) is 120 cm³/mol. The van der Waals surface area contributed by atoms with Crippen molar-refractivity contribution in [2.75, 3.05) is 10.0 Å². The summed E-state index contributed by atoms with van der Waals surface area (Å²) in [4.78, 5) is 12.2. The number of aryl methyl sites for hydroxylation is 1. The van der Waals surface area contributed by atoms with Crippen LogP contribution in [0.4, 0.5) is 16.2 Å². The number of amides is 2. The van der Waals surface area contributed by atoms with Gasteiger partial charge in [-0.25, -0.2) is 26.4 Å². The fourth-order valence-electron chi connectivity index (χ4n) is 2.72. The van der Waals surface area contributed by atoms with Crippen LogP contribution in [0.1, 0.15) is 11.1 Å². The lowest BCUT2D eigenvalue weighted by Crippen LogP contribution is -2.34. The molecule has 0 saturated heterocycles. The minimum atomic E-state index is -4.09. The number of carbonyl (C=O) groups excluding carboxylic acids is 1. The van der Waals surface area contributed by atoms with Gasteiger partial charge in [-0.05, 0) is 36.8 Å². The van der Waals surface area contributed by atoms with Crippen LogP contribution in [0, 0.1) is 6.92 Å². The second-order valence-corrected chi connectivity index (χ2v) is 10.2. The second kappa shape index (κ2) is 9.19. The van der Waals surface area contributed by atoms with Gasteiger partial charge in [0, 0.05) is 0 Å². The third-order valence-corrected chi connectivity index (χ3v) is 6.79. The maximum Gasteiger partial charge on any atom is 0.333 e. The van der Waals surface area contributed by atoms with Crippen LogP contribution in [-0.4, -0.2) is 22.9 Å². The summed E-state index contributed by atoms with van der Waals surface area (Å²) in [5.74, 6) is -0.254. The lowest BCUT2D eigenvalue weighted by Gasteiger charge is -2.14. The summed E-state index contributed by atoms with van der Waals surface area (Å²) in [6.07, 6.45) is 0. The van der Waals surface area contributed by atoms with Crippen LogP contribution in [0.5, 0.6) is 0 Å². The zero-order chi connectivity index (χ0) is 22.5. The number of hydrogen-bond donors (Lipinski definition) is 3. The molecule has 10 heteroatoms. The van der Waals surface area contributed by atoms with E-state index < -0.39 is 26.1 Å². The van der Waals surface area contributed by atoms with Crippen molar-refractivity contribution in [3.63, 3.8) is 0 Å². The summed E-state index contributed by atoms with van der Waals surface area (Å²) in [7, 11) is -7.85. The Morgan fingerprint density at radius 1 is 0.774 bits per heavy atom. The van der Waals surface area contributed by atoms with Crippen LogP contribution < -0.4 is 14.8 Å². The van der Waals surface area contributed by atoms with Crippen molar-refractivity contribution in [3.8, 4) is 0 Å². The number of rotatable bonds is 7. The van der Waals surface area contributed by atoms with Gasteiger partial charge in [0.15, 0.2) is 0 Å². The van der Waals surface area contributed by atoms with Gasteiger partial charge in [-0.1, -0.05) is 60.2 Å². The highest BCUT2D eigenvalue weighted by Crippen LogP contribution is 2.23. The smallest absolute Gasteiger partial charge is 0.305 e. The average molecular weight is 460 g/mol. The van der Waals surface area contributed by atoms with Crippen molar-refractivity contribution < 1.29 is 21.6 Å². The molecule has 3 aromatic carbocycles. The monoisotopic (exact) mass is 459 g/mol. The van der Waals surface area contributed by atoms with E-state index in [-0.39, 0.29) is 22.0 Å². The fraction of sp³-hybridized carbons (Fsp3) is 0.0952. The molecule has 3 rings (SSSR count). The second-order valence-electron chi connectivity index (χ2n) is 6.77. The molecule has 3 N–H and O–H groups in total. The van der Waals surface area contributed by atoms with Crippen molar-refractivity contribution >= 4 is 37.5 Å². The van der Waals surface area contributed by atoms with Gasteiger partial charge in [-0.2, -0.15) is 0 Å². The summed E-state index contributed by atoms with van der Waals surface area (Å²) < 4.78 is 54.1. The Bertz CT molecular complexity index is 1270. The van der Waals surface area contributed by atoms with Crippen LogP contribution >= 0.6 is 0 Å². The molecular weight excluding hydrogens is 438 g/mol. The molecule has 0 aliphatic heterocycles. The third kappa shape index (κ3) is 6.30. The molecule has 0 radical (unpaired) electrons. The van der Waals surface area contributed by atoms with Gasteiger partial charge in [0.25, 0.3) is 10.0 Å². The molecule has 0 aromatic heterocycles. The Hall–Kier alpha value is -3.37. The largest absolute Gasteiger partial charge is 0.333 e. The minimum absolute atomic E-state index is 0.0647. The van der Waals surface area contributed by atoms with E-state index in [2.05, 4.69) is 10.0 Å².